The Morgan fingerprint density at radius 3 is 2.15 bits per heavy atom. The van der Waals surface area contributed by atoms with E-state index in [-0.39, 0.29) is 0 Å². The van der Waals surface area contributed by atoms with Gasteiger partial charge in [0.2, 0.25) is 0 Å². The van der Waals surface area contributed by atoms with Gasteiger partial charge in [-0.2, -0.15) is 0 Å². The molecule has 1 aromatic carbocycles. The van der Waals surface area contributed by atoms with E-state index in [0.29, 0.717) is 3.43 Å². The summed E-state index contributed by atoms with van der Waals surface area (Å²) in [6.45, 7) is 0. The predicted molar refractivity (Wildman–Crippen MR) is 58.4 cm³/mol. The Hall–Kier alpha value is 0.0187. The first-order chi connectivity index (χ1) is 6.31. The Labute approximate surface area is 93.8 Å². The van der Waals surface area contributed by atoms with Crippen molar-refractivity contribution in [3.05, 3.63) is 35.9 Å². The molecule has 1 heteroatoms. The van der Waals surface area contributed by atoms with Gasteiger partial charge in [0, 0.05) is 0 Å². The zero-order valence-electron chi connectivity index (χ0n) is 8.00. The molecule has 1 aliphatic rings. The first-order valence-electron chi connectivity index (χ1n) is 5.16. The number of hydrogen-bond donors (Lipinski definition) is 0. The van der Waals surface area contributed by atoms with Gasteiger partial charge in [-0.15, -0.1) is 0 Å². The minimum absolute atomic E-state index is 0.602. The maximum atomic E-state index is 2.32. The molecule has 1 fully saturated rings. The summed E-state index contributed by atoms with van der Waals surface area (Å²) >= 11 is 1.39. The van der Waals surface area contributed by atoms with Crippen LogP contribution in [0.2, 0.25) is 0 Å². The van der Waals surface area contributed by atoms with Crippen LogP contribution in [0.4, 0.5) is 0 Å². The average Bonchev–Trinajstić information content (AvgIpc) is 2.20. The number of rotatable bonds is 1. The van der Waals surface area contributed by atoms with E-state index in [9.17, 15) is 0 Å². The van der Waals surface area contributed by atoms with Crippen LogP contribution in [0, 0.1) is 0 Å². The molecule has 0 spiro atoms. The fourth-order valence-electron chi connectivity index (χ4n) is 2.24. The minimum atomic E-state index is 0.602. The van der Waals surface area contributed by atoms with Gasteiger partial charge in [0.1, 0.15) is 0 Å². The summed E-state index contributed by atoms with van der Waals surface area (Å²) in [7, 11) is 0. The van der Waals surface area contributed by atoms with E-state index in [0.717, 1.165) is 0 Å². The van der Waals surface area contributed by atoms with Gasteiger partial charge in [0.25, 0.3) is 0 Å². The Balaban J connectivity index is 2.23. The van der Waals surface area contributed by atoms with Gasteiger partial charge >= 0.3 is 94.0 Å². The van der Waals surface area contributed by atoms with Gasteiger partial charge in [0.05, 0.1) is 0 Å². The maximum absolute atomic E-state index is 2.32. The third kappa shape index (κ3) is 2.09. The van der Waals surface area contributed by atoms with Gasteiger partial charge in [-0.3, -0.25) is 0 Å². The quantitative estimate of drug-likeness (QED) is 0.693. The van der Waals surface area contributed by atoms with Crippen LogP contribution in [-0.4, -0.2) is 22.5 Å². The molecule has 1 saturated carbocycles. The van der Waals surface area contributed by atoms with Crippen molar-refractivity contribution in [2.24, 2.45) is 0 Å². The summed E-state index contributed by atoms with van der Waals surface area (Å²) in [6, 6.07) is 11.1. The Bertz CT molecular complexity index is 260. The molecule has 1 aliphatic carbocycles. The molecule has 0 atom stereocenters. The van der Waals surface area contributed by atoms with Crippen molar-refractivity contribution in [2.75, 3.05) is 0 Å². The predicted octanol–water partition coefficient (Wildman–Crippen LogP) is 2.75. The first kappa shape index (κ1) is 9.57. The van der Waals surface area contributed by atoms with E-state index in [1.165, 1.54) is 54.6 Å². The van der Waals surface area contributed by atoms with Crippen molar-refractivity contribution in [2.45, 2.75) is 35.5 Å². The van der Waals surface area contributed by atoms with Gasteiger partial charge in [-0.25, -0.2) is 0 Å². The average molecular weight is 279 g/mol. The molecular formula is C12H16Sn. The van der Waals surface area contributed by atoms with Crippen molar-refractivity contribution in [1.29, 1.82) is 0 Å². The monoisotopic (exact) mass is 280 g/mol. The molecule has 0 amide bonds. The van der Waals surface area contributed by atoms with Gasteiger partial charge in [-0.05, 0) is 0 Å². The van der Waals surface area contributed by atoms with E-state index < -0.39 is 0 Å². The molecule has 0 bridgehead atoms. The summed E-state index contributed by atoms with van der Waals surface area (Å²) in [5.41, 5.74) is 1.59. The van der Waals surface area contributed by atoms with Crippen LogP contribution in [-0.2, 0) is 3.43 Å². The van der Waals surface area contributed by atoms with Crippen molar-refractivity contribution >= 4 is 22.5 Å². The molecule has 1 aromatic rings. The van der Waals surface area contributed by atoms with Crippen molar-refractivity contribution in [3.8, 4) is 0 Å². The Kier molecular flexibility index (Phi) is 2.97. The zero-order valence-corrected chi connectivity index (χ0v) is 11.3. The Morgan fingerprint density at radius 2 is 1.54 bits per heavy atom. The molecule has 0 aromatic heterocycles. The Morgan fingerprint density at radius 1 is 0.923 bits per heavy atom. The fourth-order valence-corrected chi connectivity index (χ4v) is 3.96. The van der Waals surface area contributed by atoms with Gasteiger partial charge in [-0.1, -0.05) is 0 Å². The molecule has 68 valence electrons. The summed E-state index contributed by atoms with van der Waals surface area (Å²) in [5, 5.41) is 0. The third-order valence-corrected chi connectivity index (χ3v) is 5.69. The standard InChI is InChI=1S/C12H15.Sn.H/c1-3-7-11(8-4-1)12-9-5-2-6-10-12;;/h1,3-4,7-8H,2,5-6,9-10H2;;. The van der Waals surface area contributed by atoms with Crippen LogP contribution < -0.4 is 0 Å². The summed E-state index contributed by atoms with van der Waals surface area (Å²) in [5.74, 6) is 0. The topological polar surface area (TPSA) is 0 Å². The molecule has 2 rings (SSSR count). The van der Waals surface area contributed by atoms with E-state index in [4.69, 9.17) is 0 Å². The fraction of sp³-hybridized carbons (Fsp3) is 0.500. The van der Waals surface area contributed by atoms with Gasteiger partial charge < -0.3 is 0 Å². The second-order valence-corrected chi connectivity index (χ2v) is 7.24. The van der Waals surface area contributed by atoms with Crippen LogP contribution in [0.15, 0.2) is 30.3 Å². The molecule has 0 aliphatic heterocycles. The van der Waals surface area contributed by atoms with Crippen molar-refractivity contribution in [3.63, 3.8) is 0 Å². The van der Waals surface area contributed by atoms with E-state index in [1.54, 1.807) is 5.56 Å². The zero-order chi connectivity index (χ0) is 9.15. The molecule has 0 N–H and O–H groups in total. The summed E-state index contributed by atoms with van der Waals surface area (Å²) < 4.78 is 0.602. The van der Waals surface area contributed by atoms with E-state index in [2.05, 4.69) is 30.3 Å². The van der Waals surface area contributed by atoms with Crippen LogP contribution in [0.1, 0.15) is 37.7 Å². The normalized spacial score (nSPS) is 21.3. The second-order valence-electron chi connectivity index (χ2n) is 4.08. The first-order valence-corrected chi connectivity index (χ1v) is 6.80. The molecule has 0 nitrogen and oxygen atoms in total. The summed E-state index contributed by atoms with van der Waals surface area (Å²) in [6.07, 6.45) is 7.19. The van der Waals surface area contributed by atoms with Crippen molar-refractivity contribution in [1.82, 2.24) is 0 Å². The van der Waals surface area contributed by atoms with Crippen LogP contribution >= 0.6 is 0 Å². The molecule has 2 radical (unpaired) electrons. The molecule has 0 unspecified atom stereocenters. The number of hydrogen-bond acceptors (Lipinski definition) is 0. The van der Waals surface area contributed by atoms with E-state index >= 15 is 0 Å². The molecule has 0 heterocycles. The second kappa shape index (κ2) is 4.03. The SMILES string of the molecule is [SnH][C]1(c2ccccc2)CCCCC1. The summed E-state index contributed by atoms with van der Waals surface area (Å²) in [4.78, 5) is 0. The van der Waals surface area contributed by atoms with Crippen LogP contribution in [0.5, 0.6) is 0 Å². The molecule has 13 heavy (non-hydrogen) atoms. The number of benzene rings is 1. The van der Waals surface area contributed by atoms with Crippen LogP contribution in [0.25, 0.3) is 0 Å². The molecule has 0 saturated heterocycles. The van der Waals surface area contributed by atoms with Crippen molar-refractivity contribution < 1.29 is 0 Å². The van der Waals surface area contributed by atoms with E-state index in [1.807, 2.05) is 0 Å². The van der Waals surface area contributed by atoms with Crippen LogP contribution in [0.3, 0.4) is 0 Å². The third-order valence-electron chi connectivity index (χ3n) is 3.09. The molecular weight excluding hydrogens is 263 g/mol. The van der Waals surface area contributed by atoms with Gasteiger partial charge in [0.15, 0.2) is 0 Å².